The van der Waals surface area contributed by atoms with Crippen molar-refractivity contribution < 1.29 is 9.53 Å². The molecule has 4 heteroatoms. The SMILES string of the molecule is Cl.O=C1Cc2ccccc2OC12CCNCC2. The Morgan fingerprint density at radius 1 is 1.18 bits per heavy atom. The highest BCUT2D eigenvalue weighted by molar-refractivity contribution is 5.91. The van der Waals surface area contributed by atoms with E-state index in [0.717, 1.165) is 37.2 Å². The van der Waals surface area contributed by atoms with Crippen molar-refractivity contribution >= 4 is 18.2 Å². The first-order valence-corrected chi connectivity index (χ1v) is 5.81. The van der Waals surface area contributed by atoms with E-state index in [9.17, 15) is 4.79 Å². The molecular formula is C13H16ClNO2. The fourth-order valence-electron chi connectivity index (χ4n) is 2.56. The molecule has 0 saturated carbocycles. The fourth-order valence-corrected chi connectivity index (χ4v) is 2.56. The lowest BCUT2D eigenvalue weighted by molar-refractivity contribution is -0.138. The lowest BCUT2D eigenvalue weighted by atomic mass is 9.82. The third-order valence-corrected chi connectivity index (χ3v) is 3.55. The number of piperidine rings is 1. The van der Waals surface area contributed by atoms with Gasteiger partial charge in [-0.3, -0.25) is 4.79 Å². The summed E-state index contributed by atoms with van der Waals surface area (Å²) < 4.78 is 5.98. The van der Waals surface area contributed by atoms with Crippen molar-refractivity contribution in [1.29, 1.82) is 0 Å². The molecule has 0 aromatic heterocycles. The van der Waals surface area contributed by atoms with Crippen LogP contribution in [0.3, 0.4) is 0 Å². The highest BCUT2D eigenvalue weighted by atomic mass is 35.5. The topological polar surface area (TPSA) is 38.3 Å². The van der Waals surface area contributed by atoms with Crippen molar-refractivity contribution in [3.05, 3.63) is 29.8 Å². The maximum absolute atomic E-state index is 12.2. The summed E-state index contributed by atoms with van der Waals surface area (Å²) in [7, 11) is 0. The second-order valence-corrected chi connectivity index (χ2v) is 4.55. The zero-order valence-corrected chi connectivity index (χ0v) is 10.4. The minimum atomic E-state index is -0.542. The molecule has 0 aliphatic carbocycles. The number of hydrogen-bond acceptors (Lipinski definition) is 3. The number of ketones is 1. The van der Waals surface area contributed by atoms with Gasteiger partial charge < -0.3 is 10.1 Å². The molecule has 2 heterocycles. The average molecular weight is 254 g/mol. The summed E-state index contributed by atoms with van der Waals surface area (Å²) >= 11 is 0. The molecule has 3 rings (SSSR count). The number of rotatable bonds is 0. The number of Topliss-reactive ketones (excluding diaryl/α,β-unsaturated/α-hetero) is 1. The Hall–Kier alpha value is -1.06. The highest BCUT2D eigenvalue weighted by Crippen LogP contribution is 2.35. The normalized spacial score (nSPS) is 21.3. The lowest BCUT2D eigenvalue weighted by Gasteiger charge is -2.40. The van der Waals surface area contributed by atoms with Crippen LogP contribution in [0.4, 0.5) is 0 Å². The molecule has 1 aromatic rings. The molecule has 17 heavy (non-hydrogen) atoms. The Balaban J connectivity index is 0.00000108. The maximum Gasteiger partial charge on any atom is 0.180 e. The largest absolute Gasteiger partial charge is 0.479 e. The van der Waals surface area contributed by atoms with Crippen LogP contribution in [-0.4, -0.2) is 24.5 Å². The third kappa shape index (κ3) is 2.05. The van der Waals surface area contributed by atoms with Crippen molar-refractivity contribution in [3.8, 4) is 5.75 Å². The van der Waals surface area contributed by atoms with Crippen LogP contribution in [0.25, 0.3) is 0 Å². The molecule has 1 N–H and O–H groups in total. The predicted molar refractivity (Wildman–Crippen MR) is 67.9 cm³/mol. The van der Waals surface area contributed by atoms with Crippen LogP contribution in [0.1, 0.15) is 18.4 Å². The molecule has 2 aliphatic heterocycles. The van der Waals surface area contributed by atoms with Crippen LogP contribution >= 0.6 is 12.4 Å². The van der Waals surface area contributed by atoms with E-state index < -0.39 is 5.60 Å². The number of benzene rings is 1. The van der Waals surface area contributed by atoms with Crippen molar-refractivity contribution in [3.63, 3.8) is 0 Å². The van der Waals surface area contributed by atoms with Crippen molar-refractivity contribution in [2.75, 3.05) is 13.1 Å². The van der Waals surface area contributed by atoms with E-state index in [1.807, 2.05) is 24.3 Å². The van der Waals surface area contributed by atoms with E-state index in [2.05, 4.69) is 5.32 Å². The summed E-state index contributed by atoms with van der Waals surface area (Å²) in [6.07, 6.45) is 2.11. The fraction of sp³-hybridized carbons (Fsp3) is 0.462. The summed E-state index contributed by atoms with van der Waals surface area (Å²) in [5.41, 5.74) is 0.483. The van der Waals surface area contributed by atoms with Gasteiger partial charge in [0.2, 0.25) is 0 Å². The van der Waals surface area contributed by atoms with Gasteiger partial charge in [-0.15, -0.1) is 12.4 Å². The van der Waals surface area contributed by atoms with Crippen LogP contribution in [-0.2, 0) is 11.2 Å². The number of hydrogen-bond donors (Lipinski definition) is 1. The van der Waals surface area contributed by atoms with Crippen LogP contribution in [0, 0.1) is 0 Å². The van der Waals surface area contributed by atoms with Crippen LogP contribution in [0.5, 0.6) is 5.75 Å². The first-order chi connectivity index (χ1) is 7.80. The van der Waals surface area contributed by atoms with Gasteiger partial charge >= 0.3 is 0 Å². The maximum atomic E-state index is 12.2. The average Bonchev–Trinajstić information content (AvgIpc) is 2.32. The first kappa shape index (κ1) is 12.4. The van der Waals surface area contributed by atoms with Gasteiger partial charge in [-0.05, 0) is 19.2 Å². The molecule has 1 aromatic carbocycles. The highest BCUT2D eigenvalue weighted by Gasteiger charge is 2.44. The van der Waals surface area contributed by atoms with Gasteiger partial charge in [-0.2, -0.15) is 0 Å². The van der Waals surface area contributed by atoms with Gasteiger partial charge in [-0.25, -0.2) is 0 Å². The monoisotopic (exact) mass is 253 g/mol. The number of halogens is 1. The minimum absolute atomic E-state index is 0. The molecule has 1 saturated heterocycles. The smallest absolute Gasteiger partial charge is 0.180 e. The lowest BCUT2D eigenvalue weighted by Crippen LogP contribution is -2.54. The van der Waals surface area contributed by atoms with Gasteiger partial charge in [0.25, 0.3) is 0 Å². The summed E-state index contributed by atoms with van der Waals surface area (Å²) in [6.45, 7) is 1.74. The Morgan fingerprint density at radius 2 is 1.88 bits per heavy atom. The number of fused-ring (bicyclic) bond motifs is 1. The number of ether oxygens (including phenoxy) is 1. The number of nitrogens with one attached hydrogen (secondary N) is 1. The quantitative estimate of drug-likeness (QED) is 0.765. The van der Waals surface area contributed by atoms with E-state index >= 15 is 0 Å². The first-order valence-electron chi connectivity index (χ1n) is 5.81. The van der Waals surface area contributed by atoms with E-state index in [-0.39, 0.29) is 18.2 Å². The molecule has 2 aliphatic rings. The van der Waals surface area contributed by atoms with Crippen molar-refractivity contribution in [2.45, 2.75) is 24.9 Å². The van der Waals surface area contributed by atoms with Crippen LogP contribution < -0.4 is 10.1 Å². The molecule has 1 spiro atoms. The number of para-hydroxylation sites is 1. The van der Waals surface area contributed by atoms with Gasteiger partial charge in [-0.1, -0.05) is 18.2 Å². The predicted octanol–water partition coefficient (Wildman–Crippen LogP) is 1.73. The number of carbonyl (C=O) groups excluding carboxylic acids is 1. The molecule has 0 unspecified atom stereocenters. The second kappa shape index (κ2) is 4.67. The Kier molecular flexibility index (Phi) is 3.40. The summed E-state index contributed by atoms with van der Waals surface area (Å²) in [5.74, 6) is 1.14. The third-order valence-electron chi connectivity index (χ3n) is 3.55. The number of carbonyl (C=O) groups is 1. The Morgan fingerprint density at radius 3 is 2.65 bits per heavy atom. The standard InChI is InChI=1S/C13H15NO2.ClH/c15-12-9-10-3-1-2-4-11(10)16-13(12)5-7-14-8-6-13;/h1-4,14H,5-9H2;1H. The van der Waals surface area contributed by atoms with E-state index in [0.29, 0.717) is 6.42 Å². The zero-order chi connectivity index (χ0) is 11.0. The van der Waals surface area contributed by atoms with Crippen molar-refractivity contribution in [2.24, 2.45) is 0 Å². The summed E-state index contributed by atoms with van der Waals surface area (Å²) in [4.78, 5) is 12.2. The second-order valence-electron chi connectivity index (χ2n) is 4.55. The van der Waals surface area contributed by atoms with Gasteiger partial charge in [0.15, 0.2) is 11.4 Å². The van der Waals surface area contributed by atoms with Crippen molar-refractivity contribution in [1.82, 2.24) is 5.32 Å². The van der Waals surface area contributed by atoms with Gasteiger partial charge in [0, 0.05) is 24.8 Å². The molecule has 0 bridgehead atoms. The van der Waals surface area contributed by atoms with Crippen LogP contribution in [0.2, 0.25) is 0 Å². The van der Waals surface area contributed by atoms with Crippen LogP contribution in [0.15, 0.2) is 24.3 Å². The van der Waals surface area contributed by atoms with E-state index in [1.54, 1.807) is 0 Å². The van der Waals surface area contributed by atoms with Gasteiger partial charge in [0.1, 0.15) is 5.75 Å². The minimum Gasteiger partial charge on any atom is -0.479 e. The molecular weight excluding hydrogens is 238 g/mol. The molecule has 0 atom stereocenters. The van der Waals surface area contributed by atoms with E-state index in [1.165, 1.54) is 0 Å². The van der Waals surface area contributed by atoms with E-state index in [4.69, 9.17) is 4.74 Å². The zero-order valence-electron chi connectivity index (χ0n) is 9.57. The Bertz CT molecular complexity index is 427. The summed E-state index contributed by atoms with van der Waals surface area (Å²) in [6, 6.07) is 7.85. The molecule has 0 radical (unpaired) electrons. The molecule has 1 fully saturated rings. The molecule has 3 nitrogen and oxygen atoms in total. The Labute approximate surface area is 107 Å². The summed E-state index contributed by atoms with van der Waals surface area (Å²) in [5, 5.41) is 3.27. The van der Waals surface area contributed by atoms with Gasteiger partial charge in [0.05, 0.1) is 0 Å². The molecule has 0 amide bonds. The molecule has 92 valence electrons.